The molecule has 0 radical (unpaired) electrons. The fraction of sp³-hybridized carbons (Fsp3) is 0.0714. The lowest BCUT2D eigenvalue weighted by Crippen LogP contribution is -2.12. The molecule has 1 amide bonds. The number of anilines is 1. The summed E-state index contributed by atoms with van der Waals surface area (Å²) in [6.45, 7) is 0.406. The summed E-state index contributed by atoms with van der Waals surface area (Å²) in [6.07, 6.45) is 0. The number of amides is 1. The minimum absolute atomic E-state index is 0.285. The lowest BCUT2D eigenvalue weighted by atomic mass is 10.1. The molecule has 4 heteroatoms. The third kappa shape index (κ3) is 2.93. The van der Waals surface area contributed by atoms with Gasteiger partial charge >= 0.3 is 0 Å². The summed E-state index contributed by atoms with van der Waals surface area (Å²) in [5, 5.41) is 2.70. The second kappa shape index (κ2) is 5.42. The third-order valence-electron chi connectivity index (χ3n) is 2.51. The number of hydrogen-bond acceptors (Lipinski definition) is 2. The Labute approximate surface area is 104 Å². The number of carbonyl (C=O) groups is 1. The van der Waals surface area contributed by atoms with Crippen LogP contribution in [-0.4, -0.2) is 5.91 Å². The van der Waals surface area contributed by atoms with Crippen molar-refractivity contribution >= 4 is 11.6 Å². The van der Waals surface area contributed by atoms with Crippen molar-refractivity contribution in [2.24, 2.45) is 5.73 Å². The van der Waals surface area contributed by atoms with Crippen LogP contribution < -0.4 is 11.1 Å². The normalized spacial score (nSPS) is 10.1. The van der Waals surface area contributed by atoms with Crippen LogP contribution >= 0.6 is 0 Å². The molecular formula is C14H13FN2O. The van der Waals surface area contributed by atoms with Gasteiger partial charge in [-0.1, -0.05) is 18.2 Å². The van der Waals surface area contributed by atoms with Crippen LogP contribution in [0.3, 0.4) is 0 Å². The molecule has 0 atom stereocenters. The van der Waals surface area contributed by atoms with Crippen LogP contribution in [0.4, 0.5) is 10.1 Å². The van der Waals surface area contributed by atoms with Crippen molar-refractivity contribution in [2.45, 2.75) is 6.54 Å². The molecule has 3 nitrogen and oxygen atoms in total. The van der Waals surface area contributed by atoms with Crippen LogP contribution in [0.25, 0.3) is 0 Å². The molecule has 2 aromatic rings. The maximum atomic E-state index is 13.0. The molecule has 0 spiro atoms. The average Bonchev–Trinajstić information content (AvgIpc) is 2.39. The first-order valence-electron chi connectivity index (χ1n) is 5.55. The molecule has 0 aliphatic carbocycles. The maximum absolute atomic E-state index is 13.0. The fourth-order valence-corrected chi connectivity index (χ4v) is 1.61. The average molecular weight is 244 g/mol. The molecule has 0 bridgehead atoms. The molecule has 0 saturated heterocycles. The third-order valence-corrected chi connectivity index (χ3v) is 2.51. The van der Waals surface area contributed by atoms with Crippen molar-refractivity contribution < 1.29 is 9.18 Å². The van der Waals surface area contributed by atoms with E-state index in [9.17, 15) is 9.18 Å². The lowest BCUT2D eigenvalue weighted by molar-refractivity contribution is 0.102. The van der Waals surface area contributed by atoms with Gasteiger partial charge in [0.25, 0.3) is 5.91 Å². The van der Waals surface area contributed by atoms with Crippen molar-refractivity contribution in [3.05, 3.63) is 65.5 Å². The smallest absolute Gasteiger partial charge is 0.255 e. The van der Waals surface area contributed by atoms with E-state index < -0.39 is 5.82 Å². The highest BCUT2D eigenvalue weighted by atomic mass is 19.1. The Morgan fingerprint density at radius 2 is 1.94 bits per heavy atom. The zero-order valence-electron chi connectivity index (χ0n) is 9.69. The van der Waals surface area contributed by atoms with Crippen molar-refractivity contribution in [3.63, 3.8) is 0 Å². The summed E-state index contributed by atoms with van der Waals surface area (Å²) in [4.78, 5) is 11.9. The highest BCUT2D eigenvalue weighted by Gasteiger charge is 2.06. The largest absolute Gasteiger partial charge is 0.326 e. The predicted molar refractivity (Wildman–Crippen MR) is 68.7 cm³/mol. The first-order chi connectivity index (χ1) is 8.69. The zero-order chi connectivity index (χ0) is 13.0. The quantitative estimate of drug-likeness (QED) is 0.871. The van der Waals surface area contributed by atoms with E-state index in [4.69, 9.17) is 5.73 Å². The monoisotopic (exact) mass is 244 g/mol. The minimum Gasteiger partial charge on any atom is -0.326 e. The highest BCUT2D eigenvalue weighted by Crippen LogP contribution is 2.12. The molecule has 0 unspecified atom stereocenters. The molecule has 0 aromatic heterocycles. The minimum atomic E-state index is -0.432. The number of carbonyl (C=O) groups excluding carboxylic acids is 1. The van der Waals surface area contributed by atoms with Crippen LogP contribution in [0, 0.1) is 5.82 Å². The molecule has 2 rings (SSSR count). The molecule has 2 aromatic carbocycles. The Balaban J connectivity index is 2.16. The van der Waals surface area contributed by atoms with E-state index in [0.717, 1.165) is 5.56 Å². The van der Waals surface area contributed by atoms with Crippen LogP contribution in [-0.2, 0) is 6.54 Å². The number of nitrogens with one attached hydrogen (secondary N) is 1. The molecule has 3 N–H and O–H groups in total. The number of halogens is 1. The Morgan fingerprint density at radius 3 is 2.67 bits per heavy atom. The van der Waals surface area contributed by atoms with E-state index >= 15 is 0 Å². The second-order valence-corrected chi connectivity index (χ2v) is 3.87. The van der Waals surface area contributed by atoms with Gasteiger partial charge in [-0.3, -0.25) is 4.79 Å². The SMILES string of the molecule is NCc1cccc(NC(=O)c2cccc(F)c2)c1. The summed E-state index contributed by atoms with van der Waals surface area (Å²) in [5.74, 6) is -0.776. The zero-order valence-corrected chi connectivity index (χ0v) is 9.69. The molecule has 92 valence electrons. The summed E-state index contributed by atoms with van der Waals surface area (Å²) in [5.41, 5.74) is 7.37. The van der Waals surface area contributed by atoms with Gasteiger partial charge < -0.3 is 11.1 Å². The van der Waals surface area contributed by atoms with Gasteiger partial charge in [-0.2, -0.15) is 0 Å². The first kappa shape index (κ1) is 12.3. The molecule has 18 heavy (non-hydrogen) atoms. The first-order valence-corrected chi connectivity index (χ1v) is 5.55. The topological polar surface area (TPSA) is 55.1 Å². The van der Waals surface area contributed by atoms with E-state index in [1.165, 1.54) is 18.2 Å². The van der Waals surface area contributed by atoms with Gasteiger partial charge in [0.05, 0.1) is 0 Å². The van der Waals surface area contributed by atoms with Crippen LogP contribution in [0.15, 0.2) is 48.5 Å². The highest BCUT2D eigenvalue weighted by molar-refractivity contribution is 6.04. The Hall–Kier alpha value is -2.20. The van der Waals surface area contributed by atoms with Crippen LogP contribution in [0.5, 0.6) is 0 Å². The van der Waals surface area contributed by atoms with Gasteiger partial charge in [-0.05, 0) is 35.9 Å². The molecule has 0 aliphatic rings. The second-order valence-electron chi connectivity index (χ2n) is 3.87. The summed E-state index contributed by atoms with van der Waals surface area (Å²) in [6, 6.07) is 12.8. The molecule has 0 aliphatic heterocycles. The summed E-state index contributed by atoms with van der Waals surface area (Å²) >= 11 is 0. The Kier molecular flexibility index (Phi) is 3.69. The van der Waals surface area contributed by atoms with E-state index in [1.54, 1.807) is 18.2 Å². The number of hydrogen-bond donors (Lipinski definition) is 2. The Bertz CT molecular complexity index is 569. The van der Waals surface area contributed by atoms with Crippen molar-refractivity contribution in [3.8, 4) is 0 Å². The van der Waals surface area contributed by atoms with Gasteiger partial charge in [0.1, 0.15) is 5.82 Å². The maximum Gasteiger partial charge on any atom is 0.255 e. The number of rotatable bonds is 3. The summed E-state index contributed by atoms with van der Waals surface area (Å²) in [7, 11) is 0. The molecular weight excluding hydrogens is 231 g/mol. The van der Waals surface area contributed by atoms with Gasteiger partial charge in [0.15, 0.2) is 0 Å². The van der Waals surface area contributed by atoms with Crippen molar-refractivity contribution in [1.82, 2.24) is 0 Å². The van der Waals surface area contributed by atoms with Gasteiger partial charge in [-0.25, -0.2) is 4.39 Å². The van der Waals surface area contributed by atoms with Crippen LogP contribution in [0.2, 0.25) is 0 Å². The fourth-order valence-electron chi connectivity index (χ4n) is 1.61. The van der Waals surface area contributed by atoms with Gasteiger partial charge in [0, 0.05) is 17.8 Å². The molecule has 0 heterocycles. The Morgan fingerprint density at radius 1 is 1.17 bits per heavy atom. The molecule has 0 fully saturated rings. The van der Waals surface area contributed by atoms with Gasteiger partial charge in [0.2, 0.25) is 0 Å². The number of nitrogens with two attached hydrogens (primary N) is 1. The molecule has 0 saturated carbocycles. The standard InChI is InChI=1S/C14H13FN2O/c15-12-5-2-4-11(8-12)14(18)17-13-6-1-3-10(7-13)9-16/h1-8H,9,16H2,(H,17,18). The van der Waals surface area contributed by atoms with E-state index in [2.05, 4.69) is 5.32 Å². The van der Waals surface area contributed by atoms with Crippen molar-refractivity contribution in [1.29, 1.82) is 0 Å². The van der Waals surface area contributed by atoms with E-state index in [0.29, 0.717) is 12.2 Å². The predicted octanol–water partition coefficient (Wildman–Crippen LogP) is 2.54. The number of benzene rings is 2. The van der Waals surface area contributed by atoms with Gasteiger partial charge in [-0.15, -0.1) is 0 Å². The lowest BCUT2D eigenvalue weighted by Gasteiger charge is -2.06. The van der Waals surface area contributed by atoms with E-state index in [-0.39, 0.29) is 11.5 Å². The van der Waals surface area contributed by atoms with E-state index in [1.807, 2.05) is 12.1 Å². The van der Waals surface area contributed by atoms with Crippen LogP contribution in [0.1, 0.15) is 15.9 Å². The summed E-state index contributed by atoms with van der Waals surface area (Å²) < 4.78 is 13.0. The van der Waals surface area contributed by atoms with Crippen molar-refractivity contribution in [2.75, 3.05) is 5.32 Å².